The van der Waals surface area contributed by atoms with Gasteiger partial charge in [0.15, 0.2) is 0 Å². The lowest BCUT2D eigenvalue weighted by molar-refractivity contribution is 0.0819. The molecule has 1 N–H and O–H groups in total. The lowest BCUT2D eigenvalue weighted by Gasteiger charge is -2.09. The average molecular weight is 328 g/mol. The van der Waals surface area contributed by atoms with Crippen LogP contribution in [0.2, 0.25) is 0 Å². The second kappa shape index (κ2) is 6.69. The molecule has 1 heterocycles. The van der Waals surface area contributed by atoms with Gasteiger partial charge < -0.3 is 4.74 Å². The summed E-state index contributed by atoms with van der Waals surface area (Å²) in [6, 6.07) is 8.49. The second-order valence-corrected chi connectivity index (χ2v) is 6.15. The molecule has 0 radical (unpaired) electrons. The smallest absolute Gasteiger partial charge is 0.272 e. The molecule has 0 amide bonds. The van der Waals surface area contributed by atoms with Gasteiger partial charge in [0.1, 0.15) is 12.4 Å². The van der Waals surface area contributed by atoms with Gasteiger partial charge in [0.25, 0.3) is 16.4 Å². The third-order valence-electron chi connectivity index (χ3n) is 2.67. The molecular formula is C14H14F2N2O3S. The van der Waals surface area contributed by atoms with Crippen LogP contribution in [0.4, 0.5) is 14.5 Å². The molecule has 0 saturated heterocycles. The Hall–Kier alpha value is -2.22. The molecule has 5 nitrogen and oxygen atoms in total. The van der Waals surface area contributed by atoms with Crippen LogP contribution in [0.3, 0.4) is 0 Å². The molecule has 0 spiro atoms. The maximum absolute atomic E-state index is 12.2. The van der Waals surface area contributed by atoms with Crippen molar-refractivity contribution in [1.82, 2.24) is 4.98 Å². The standard InChI is InChI=1S/C14H14F2N2O3S/c1-10-2-3-11(8-17-10)18-22(19,20)13-6-4-12(5-7-13)21-9-14(15)16/h2-8,14,18H,9H2,1H3. The Labute approximate surface area is 127 Å². The summed E-state index contributed by atoms with van der Waals surface area (Å²) in [5.41, 5.74) is 1.10. The molecule has 118 valence electrons. The fourth-order valence-corrected chi connectivity index (χ4v) is 2.66. The largest absolute Gasteiger partial charge is 0.488 e. The first-order valence-corrected chi connectivity index (χ1v) is 7.81. The van der Waals surface area contributed by atoms with Crippen molar-refractivity contribution >= 4 is 15.7 Å². The zero-order chi connectivity index (χ0) is 16.2. The third-order valence-corrected chi connectivity index (χ3v) is 4.07. The van der Waals surface area contributed by atoms with Crippen molar-refractivity contribution in [3.8, 4) is 5.75 Å². The van der Waals surface area contributed by atoms with E-state index in [-0.39, 0.29) is 10.6 Å². The fourth-order valence-electron chi connectivity index (χ4n) is 1.62. The average Bonchev–Trinajstić information content (AvgIpc) is 2.48. The van der Waals surface area contributed by atoms with E-state index < -0.39 is 23.1 Å². The first kappa shape index (κ1) is 16.2. The normalized spacial score (nSPS) is 11.5. The molecule has 0 fully saturated rings. The highest BCUT2D eigenvalue weighted by molar-refractivity contribution is 7.92. The van der Waals surface area contributed by atoms with Gasteiger partial charge in [0, 0.05) is 5.69 Å². The van der Waals surface area contributed by atoms with E-state index in [9.17, 15) is 17.2 Å². The number of anilines is 1. The lowest BCUT2D eigenvalue weighted by atomic mass is 10.3. The van der Waals surface area contributed by atoms with Crippen LogP contribution in [0.25, 0.3) is 0 Å². The molecule has 0 aliphatic rings. The Morgan fingerprint density at radius 3 is 2.41 bits per heavy atom. The van der Waals surface area contributed by atoms with E-state index in [0.717, 1.165) is 5.69 Å². The van der Waals surface area contributed by atoms with E-state index in [2.05, 4.69) is 9.71 Å². The molecule has 1 aromatic heterocycles. The Balaban J connectivity index is 2.10. The van der Waals surface area contributed by atoms with E-state index in [0.29, 0.717) is 5.69 Å². The first-order chi connectivity index (χ1) is 10.4. The number of benzene rings is 1. The van der Waals surface area contributed by atoms with Gasteiger partial charge >= 0.3 is 0 Å². The van der Waals surface area contributed by atoms with Gasteiger partial charge in [-0.05, 0) is 43.3 Å². The minimum absolute atomic E-state index is 0.00234. The number of halogens is 2. The zero-order valence-electron chi connectivity index (χ0n) is 11.7. The van der Waals surface area contributed by atoms with Crippen LogP contribution in [0.5, 0.6) is 5.75 Å². The summed E-state index contributed by atoms with van der Waals surface area (Å²) in [7, 11) is -3.77. The summed E-state index contributed by atoms with van der Waals surface area (Å²) in [5.74, 6) is 0.177. The van der Waals surface area contributed by atoms with Crippen LogP contribution >= 0.6 is 0 Å². The monoisotopic (exact) mass is 328 g/mol. The summed E-state index contributed by atoms with van der Waals surface area (Å²) in [5, 5.41) is 0. The van der Waals surface area contributed by atoms with Crippen LogP contribution in [-0.2, 0) is 10.0 Å². The number of hydrogen-bond acceptors (Lipinski definition) is 4. The Morgan fingerprint density at radius 2 is 1.86 bits per heavy atom. The lowest BCUT2D eigenvalue weighted by Crippen LogP contribution is -2.13. The summed E-state index contributed by atoms with van der Waals surface area (Å²) in [4.78, 5) is 3.99. The van der Waals surface area contributed by atoms with E-state index in [4.69, 9.17) is 4.74 Å². The van der Waals surface area contributed by atoms with Gasteiger partial charge in [-0.15, -0.1) is 0 Å². The third kappa shape index (κ3) is 4.39. The van der Waals surface area contributed by atoms with Gasteiger partial charge in [-0.3, -0.25) is 9.71 Å². The number of aryl methyl sites for hydroxylation is 1. The quantitative estimate of drug-likeness (QED) is 0.885. The molecule has 2 aromatic rings. The summed E-state index contributed by atoms with van der Waals surface area (Å²) in [6.07, 6.45) is -1.17. The predicted molar refractivity (Wildman–Crippen MR) is 77.7 cm³/mol. The maximum atomic E-state index is 12.2. The summed E-state index contributed by atoms with van der Waals surface area (Å²) < 4.78 is 55.5. The van der Waals surface area contributed by atoms with Gasteiger partial charge in [-0.2, -0.15) is 0 Å². The molecule has 2 rings (SSSR count). The van der Waals surface area contributed by atoms with Crippen molar-refractivity contribution in [3.63, 3.8) is 0 Å². The molecule has 22 heavy (non-hydrogen) atoms. The first-order valence-electron chi connectivity index (χ1n) is 6.33. The number of ether oxygens (including phenoxy) is 1. The Bertz CT molecular complexity index is 717. The van der Waals surface area contributed by atoms with Crippen molar-refractivity contribution < 1.29 is 21.9 Å². The van der Waals surface area contributed by atoms with Crippen LogP contribution in [0.15, 0.2) is 47.5 Å². The van der Waals surface area contributed by atoms with Gasteiger partial charge in [-0.1, -0.05) is 0 Å². The number of aromatic nitrogens is 1. The minimum atomic E-state index is -3.77. The second-order valence-electron chi connectivity index (χ2n) is 4.47. The molecule has 1 aromatic carbocycles. The van der Waals surface area contributed by atoms with Crippen molar-refractivity contribution in [1.29, 1.82) is 0 Å². The van der Waals surface area contributed by atoms with Crippen LogP contribution in [0, 0.1) is 6.92 Å². The predicted octanol–water partition coefficient (Wildman–Crippen LogP) is 2.83. The molecule has 0 atom stereocenters. The number of nitrogens with one attached hydrogen (secondary N) is 1. The molecule has 0 aliphatic heterocycles. The van der Waals surface area contributed by atoms with E-state index in [1.807, 2.05) is 0 Å². The van der Waals surface area contributed by atoms with Crippen LogP contribution in [0.1, 0.15) is 5.69 Å². The van der Waals surface area contributed by atoms with Gasteiger partial charge in [-0.25, -0.2) is 17.2 Å². The van der Waals surface area contributed by atoms with Crippen molar-refractivity contribution in [2.45, 2.75) is 18.2 Å². The number of nitrogens with zero attached hydrogens (tertiary/aromatic N) is 1. The molecular weight excluding hydrogens is 314 g/mol. The number of rotatable bonds is 6. The van der Waals surface area contributed by atoms with E-state index >= 15 is 0 Å². The van der Waals surface area contributed by atoms with E-state index in [1.165, 1.54) is 30.5 Å². The highest BCUT2D eigenvalue weighted by atomic mass is 32.2. The topological polar surface area (TPSA) is 68.3 Å². The SMILES string of the molecule is Cc1ccc(NS(=O)(=O)c2ccc(OCC(F)F)cc2)cn1. The summed E-state index contributed by atoms with van der Waals surface area (Å²) >= 11 is 0. The van der Waals surface area contributed by atoms with Gasteiger partial charge in [0.05, 0.1) is 16.8 Å². The van der Waals surface area contributed by atoms with E-state index in [1.54, 1.807) is 19.1 Å². The molecule has 0 bridgehead atoms. The Kier molecular flexibility index (Phi) is 4.92. The maximum Gasteiger partial charge on any atom is 0.272 e. The number of pyridine rings is 1. The van der Waals surface area contributed by atoms with Crippen molar-refractivity contribution in [2.75, 3.05) is 11.3 Å². The fraction of sp³-hybridized carbons (Fsp3) is 0.214. The molecule has 8 heteroatoms. The van der Waals surface area contributed by atoms with Crippen LogP contribution < -0.4 is 9.46 Å². The molecule has 0 aliphatic carbocycles. The highest BCUT2D eigenvalue weighted by Gasteiger charge is 2.14. The number of sulfonamides is 1. The summed E-state index contributed by atoms with van der Waals surface area (Å²) in [6.45, 7) is 1.05. The van der Waals surface area contributed by atoms with Gasteiger partial charge in [0.2, 0.25) is 0 Å². The van der Waals surface area contributed by atoms with Crippen molar-refractivity contribution in [2.24, 2.45) is 0 Å². The van der Waals surface area contributed by atoms with Crippen molar-refractivity contribution in [3.05, 3.63) is 48.3 Å². The highest BCUT2D eigenvalue weighted by Crippen LogP contribution is 2.19. The van der Waals surface area contributed by atoms with Crippen LogP contribution in [-0.4, -0.2) is 26.4 Å². The zero-order valence-corrected chi connectivity index (χ0v) is 12.5. The number of hydrogen-bond donors (Lipinski definition) is 1. The Morgan fingerprint density at radius 1 is 1.18 bits per heavy atom. The number of alkyl halides is 2. The molecule has 0 saturated carbocycles. The molecule has 0 unspecified atom stereocenters. The minimum Gasteiger partial charge on any atom is -0.488 e.